The number of nitrogens with zero attached hydrogens (tertiary/aromatic N) is 3. The molecule has 2 N–H and O–H groups in total. The first-order valence-corrected chi connectivity index (χ1v) is 8.64. The minimum Gasteiger partial charge on any atom is -0.338 e. The molecule has 4 rings (SSSR count). The quantitative estimate of drug-likeness (QED) is 0.902. The Morgan fingerprint density at radius 2 is 2.22 bits per heavy atom. The number of likely N-dealkylation sites (tertiary alicyclic amines) is 1. The third-order valence-electron chi connectivity index (χ3n) is 5.01. The third-order valence-corrected chi connectivity index (χ3v) is 5.89. The molecule has 1 amide bonds. The zero-order valence-corrected chi connectivity index (χ0v) is 14.6. The standard InChI is InChI=1S/C16H20N4OS.ClH/c1-19-8-12(15(18-19)14-3-2-6-22-14)16(21)20-7-10-4-5-13(17)11(10)9-20;/h2-3,6,8,10-11,13H,4-5,7,9,17H2,1H3;1H. The van der Waals surface area contributed by atoms with Gasteiger partial charge < -0.3 is 10.6 Å². The van der Waals surface area contributed by atoms with Crippen molar-refractivity contribution in [2.75, 3.05) is 13.1 Å². The number of hydrogen-bond acceptors (Lipinski definition) is 4. The van der Waals surface area contributed by atoms with Gasteiger partial charge in [-0.15, -0.1) is 23.7 Å². The molecule has 2 aromatic heterocycles. The van der Waals surface area contributed by atoms with Crippen LogP contribution in [-0.2, 0) is 7.05 Å². The van der Waals surface area contributed by atoms with Gasteiger partial charge in [0.15, 0.2) is 0 Å². The van der Waals surface area contributed by atoms with Crippen molar-refractivity contribution in [3.63, 3.8) is 0 Å². The van der Waals surface area contributed by atoms with Crippen LogP contribution < -0.4 is 5.73 Å². The van der Waals surface area contributed by atoms with Gasteiger partial charge in [0, 0.05) is 32.4 Å². The van der Waals surface area contributed by atoms with E-state index >= 15 is 0 Å². The highest BCUT2D eigenvalue weighted by atomic mass is 35.5. The topological polar surface area (TPSA) is 64.2 Å². The van der Waals surface area contributed by atoms with Gasteiger partial charge in [0.2, 0.25) is 0 Å². The van der Waals surface area contributed by atoms with Gasteiger partial charge in [-0.3, -0.25) is 9.48 Å². The van der Waals surface area contributed by atoms with Gasteiger partial charge in [-0.2, -0.15) is 5.10 Å². The second-order valence-corrected chi connectivity index (χ2v) is 7.37. The molecule has 3 atom stereocenters. The Kier molecular flexibility index (Phi) is 4.49. The van der Waals surface area contributed by atoms with Crippen LogP contribution in [0.3, 0.4) is 0 Å². The minimum absolute atomic E-state index is 0. The molecule has 2 fully saturated rings. The SMILES string of the molecule is Cl.Cn1cc(C(=O)N2CC3CCC(N)C3C2)c(-c2cccs2)n1. The number of aromatic nitrogens is 2. The molecule has 7 heteroatoms. The predicted molar refractivity (Wildman–Crippen MR) is 93.9 cm³/mol. The third kappa shape index (κ3) is 2.79. The number of aryl methyl sites for hydroxylation is 1. The summed E-state index contributed by atoms with van der Waals surface area (Å²) >= 11 is 1.61. The highest BCUT2D eigenvalue weighted by Crippen LogP contribution is 2.38. The van der Waals surface area contributed by atoms with E-state index in [0.717, 1.165) is 36.5 Å². The number of carbonyl (C=O) groups is 1. The number of halogens is 1. The van der Waals surface area contributed by atoms with E-state index < -0.39 is 0 Å². The van der Waals surface area contributed by atoms with Crippen molar-refractivity contribution in [2.24, 2.45) is 24.6 Å². The normalized spacial score (nSPS) is 26.2. The number of carbonyl (C=O) groups excluding carboxylic acids is 1. The highest BCUT2D eigenvalue weighted by molar-refractivity contribution is 7.13. The van der Waals surface area contributed by atoms with Crippen LogP contribution in [0.1, 0.15) is 23.2 Å². The van der Waals surface area contributed by atoms with E-state index in [4.69, 9.17) is 5.73 Å². The van der Waals surface area contributed by atoms with Crippen molar-refractivity contribution >= 4 is 29.7 Å². The van der Waals surface area contributed by atoms with Crippen molar-refractivity contribution in [2.45, 2.75) is 18.9 Å². The van der Waals surface area contributed by atoms with E-state index in [1.807, 2.05) is 35.7 Å². The largest absolute Gasteiger partial charge is 0.338 e. The summed E-state index contributed by atoms with van der Waals surface area (Å²) in [7, 11) is 1.86. The van der Waals surface area contributed by atoms with Crippen LogP contribution in [0.15, 0.2) is 23.7 Å². The van der Waals surface area contributed by atoms with Gasteiger partial charge in [0.05, 0.1) is 10.4 Å². The Morgan fingerprint density at radius 3 is 2.91 bits per heavy atom. The Morgan fingerprint density at radius 1 is 1.39 bits per heavy atom. The number of fused-ring (bicyclic) bond motifs is 1. The van der Waals surface area contributed by atoms with E-state index in [1.165, 1.54) is 0 Å². The summed E-state index contributed by atoms with van der Waals surface area (Å²) in [5.41, 5.74) is 7.68. The van der Waals surface area contributed by atoms with Gasteiger partial charge in [-0.05, 0) is 36.1 Å². The molecule has 0 bridgehead atoms. The lowest BCUT2D eigenvalue weighted by atomic mass is 9.98. The Balaban J connectivity index is 0.00000156. The number of rotatable bonds is 2. The van der Waals surface area contributed by atoms with Gasteiger partial charge in [-0.1, -0.05) is 6.07 Å². The lowest BCUT2D eigenvalue weighted by Gasteiger charge is -2.18. The lowest BCUT2D eigenvalue weighted by molar-refractivity contribution is 0.0780. The van der Waals surface area contributed by atoms with Crippen molar-refractivity contribution in [3.05, 3.63) is 29.3 Å². The molecular weight excluding hydrogens is 332 g/mol. The molecule has 2 aromatic rings. The summed E-state index contributed by atoms with van der Waals surface area (Å²) in [4.78, 5) is 16.0. The summed E-state index contributed by atoms with van der Waals surface area (Å²) < 4.78 is 1.73. The number of amides is 1. The smallest absolute Gasteiger partial charge is 0.257 e. The maximum Gasteiger partial charge on any atom is 0.257 e. The first-order chi connectivity index (χ1) is 10.6. The van der Waals surface area contributed by atoms with Crippen LogP contribution in [0.25, 0.3) is 10.6 Å². The molecule has 23 heavy (non-hydrogen) atoms. The fourth-order valence-corrected chi connectivity index (χ4v) is 4.61. The number of nitrogens with two attached hydrogens (primary N) is 1. The molecule has 3 heterocycles. The van der Waals surface area contributed by atoms with E-state index in [-0.39, 0.29) is 24.4 Å². The number of thiophene rings is 1. The van der Waals surface area contributed by atoms with Gasteiger partial charge >= 0.3 is 0 Å². The van der Waals surface area contributed by atoms with Crippen LogP contribution in [-0.4, -0.2) is 39.7 Å². The van der Waals surface area contributed by atoms with Gasteiger partial charge in [-0.25, -0.2) is 0 Å². The molecule has 0 radical (unpaired) electrons. The van der Waals surface area contributed by atoms with Crippen LogP contribution in [0, 0.1) is 11.8 Å². The number of hydrogen-bond donors (Lipinski definition) is 1. The minimum atomic E-state index is 0. The molecule has 0 aromatic carbocycles. The van der Waals surface area contributed by atoms with Crippen molar-refractivity contribution in [3.8, 4) is 10.6 Å². The zero-order chi connectivity index (χ0) is 15.3. The highest BCUT2D eigenvalue weighted by Gasteiger charge is 2.43. The zero-order valence-electron chi connectivity index (χ0n) is 13.0. The molecule has 0 spiro atoms. The van der Waals surface area contributed by atoms with Crippen LogP contribution >= 0.6 is 23.7 Å². The molecule has 1 aliphatic carbocycles. The summed E-state index contributed by atoms with van der Waals surface area (Å²) in [5.74, 6) is 1.16. The summed E-state index contributed by atoms with van der Waals surface area (Å²) in [6.45, 7) is 1.64. The Bertz CT molecular complexity index is 699. The summed E-state index contributed by atoms with van der Waals surface area (Å²) in [6, 6.07) is 4.26. The molecule has 2 aliphatic rings. The molecule has 124 valence electrons. The van der Waals surface area contributed by atoms with Crippen LogP contribution in [0.4, 0.5) is 0 Å². The fourth-order valence-electron chi connectivity index (χ4n) is 3.88. The van der Waals surface area contributed by atoms with Crippen LogP contribution in [0.2, 0.25) is 0 Å². The molecule has 1 saturated heterocycles. The summed E-state index contributed by atoms with van der Waals surface area (Å²) in [5, 5.41) is 6.50. The predicted octanol–water partition coefficient (Wildman–Crippen LogP) is 2.38. The van der Waals surface area contributed by atoms with E-state index in [0.29, 0.717) is 17.4 Å². The molecular formula is C16H21ClN4OS. The average Bonchev–Trinajstić information content (AvgIpc) is 3.23. The molecule has 5 nitrogen and oxygen atoms in total. The van der Waals surface area contributed by atoms with E-state index in [1.54, 1.807) is 16.0 Å². The second kappa shape index (κ2) is 6.26. The van der Waals surface area contributed by atoms with E-state index in [9.17, 15) is 4.79 Å². The monoisotopic (exact) mass is 352 g/mol. The summed E-state index contributed by atoms with van der Waals surface area (Å²) in [6.07, 6.45) is 4.09. The van der Waals surface area contributed by atoms with Crippen molar-refractivity contribution in [1.82, 2.24) is 14.7 Å². The van der Waals surface area contributed by atoms with Gasteiger partial charge in [0.1, 0.15) is 5.69 Å². The Hall–Kier alpha value is -1.37. The molecule has 3 unspecified atom stereocenters. The lowest BCUT2D eigenvalue weighted by Crippen LogP contribution is -2.33. The fraction of sp³-hybridized carbons (Fsp3) is 0.500. The van der Waals surface area contributed by atoms with Crippen molar-refractivity contribution < 1.29 is 4.79 Å². The first kappa shape index (κ1) is 16.5. The van der Waals surface area contributed by atoms with Crippen molar-refractivity contribution in [1.29, 1.82) is 0 Å². The van der Waals surface area contributed by atoms with Crippen LogP contribution in [0.5, 0.6) is 0 Å². The average molecular weight is 353 g/mol. The second-order valence-electron chi connectivity index (χ2n) is 6.42. The molecule has 1 aliphatic heterocycles. The Labute approximate surface area is 145 Å². The van der Waals surface area contributed by atoms with Gasteiger partial charge in [0.25, 0.3) is 5.91 Å². The molecule has 1 saturated carbocycles. The van der Waals surface area contributed by atoms with E-state index in [2.05, 4.69) is 5.10 Å². The first-order valence-electron chi connectivity index (χ1n) is 7.76. The maximum absolute atomic E-state index is 13.0. The maximum atomic E-state index is 13.0.